The highest BCUT2D eigenvalue weighted by Gasteiger charge is 2.10. The molecule has 0 radical (unpaired) electrons. The molecule has 25 heavy (non-hydrogen) atoms. The van der Waals surface area contributed by atoms with Gasteiger partial charge in [0, 0.05) is 12.6 Å². The normalized spacial score (nSPS) is 10.6. The number of hydrogen-bond acceptors (Lipinski definition) is 4. The van der Waals surface area contributed by atoms with Crippen molar-refractivity contribution in [3.63, 3.8) is 0 Å². The Labute approximate surface area is 148 Å². The minimum atomic E-state index is -0.456. The second-order valence-electron chi connectivity index (χ2n) is 6.26. The van der Waals surface area contributed by atoms with Crippen molar-refractivity contribution in [2.45, 2.75) is 33.1 Å². The average Bonchev–Trinajstić information content (AvgIpc) is 2.57. The Bertz CT molecular complexity index is 752. The molecular formula is C20H24N2O3. The molecule has 3 N–H and O–H groups in total. The van der Waals surface area contributed by atoms with Gasteiger partial charge in [-0.25, -0.2) is 0 Å². The van der Waals surface area contributed by atoms with E-state index in [-0.39, 0.29) is 12.5 Å². The smallest absolute Gasteiger partial charge is 0.325 e. The molecule has 2 aromatic rings. The van der Waals surface area contributed by atoms with Crippen LogP contribution in [0.25, 0.3) is 0 Å². The summed E-state index contributed by atoms with van der Waals surface area (Å²) in [6.07, 6.45) is 0.755. The average molecular weight is 340 g/mol. The van der Waals surface area contributed by atoms with Gasteiger partial charge in [0.25, 0.3) is 0 Å². The lowest BCUT2D eigenvalue weighted by molar-refractivity contribution is -0.132. The van der Waals surface area contributed by atoms with Gasteiger partial charge in [0.05, 0.1) is 6.54 Å². The van der Waals surface area contributed by atoms with E-state index in [9.17, 15) is 9.59 Å². The minimum absolute atomic E-state index is 0.0720. The van der Waals surface area contributed by atoms with Crippen molar-refractivity contribution in [1.82, 2.24) is 0 Å². The Morgan fingerprint density at radius 3 is 2.28 bits per heavy atom. The standard InChI is InChI=1S/C20H24N2O3/c1-13(2)18-11-16(6-9-19(18)22-14(3)23)10-15-4-7-17(8-5-15)25-20(24)12-21/h4-9,11,13H,10,12,21H2,1-3H3,(H,22,23). The minimum Gasteiger partial charge on any atom is -0.426 e. The first-order chi connectivity index (χ1) is 11.9. The topological polar surface area (TPSA) is 81.4 Å². The summed E-state index contributed by atoms with van der Waals surface area (Å²) in [7, 11) is 0. The van der Waals surface area contributed by atoms with E-state index in [1.54, 1.807) is 12.1 Å². The summed E-state index contributed by atoms with van der Waals surface area (Å²) in [6, 6.07) is 13.5. The summed E-state index contributed by atoms with van der Waals surface area (Å²) in [4.78, 5) is 22.5. The van der Waals surface area contributed by atoms with E-state index in [0.717, 1.165) is 28.8 Å². The van der Waals surface area contributed by atoms with Crippen LogP contribution < -0.4 is 15.8 Å². The molecule has 132 valence electrons. The molecule has 5 nitrogen and oxygen atoms in total. The van der Waals surface area contributed by atoms with Gasteiger partial charge >= 0.3 is 5.97 Å². The second kappa shape index (κ2) is 8.44. The molecule has 0 atom stereocenters. The van der Waals surface area contributed by atoms with Gasteiger partial charge in [-0.1, -0.05) is 38.1 Å². The molecule has 1 amide bonds. The lowest BCUT2D eigenvalue weighted by Crippen LogP contribution is -2.19. The number of rotatable bonds is 6. The summed E-state index contributed by atoms with van der Waals surface area (Å²) >= 11 is 0. The first-order valence-corrected chi connectivity index (χ1v) is 8.29. The molecule has 0 unspecified atom stereocenters. The van der Waals surface area contributed by atoms with E-state index in [1.165, 1.54) is 6.92 Å². The van der Waals surface area contributed by atoms with E-state index in [0.29, 0.717) is 11.7 Å². The number of esters is 1. The third-order valence-electron chi connectivity index (χ3n) is 3.78. The molecule has 0 aliphatic carbocycles. The lowest BCUT2D eigenvalue weighted by Gasteiger charge is -2.15. The summed E-state index contributed by atoms with van der Waals surface area (Å²) in [5.41, 5.74) is 9.46. The van der Waals surface area contributed by atoms with Crippen LogP contribution >= 0.6 is 0 Å². The highest BCUT2D eigenvalue weighted by molar-refractivity contribution is 5.89. The molecule has 2 rings (SSSR count). The zero-order chi connectivity index (χ0) is 18.4. The summed E-state index contributed by atoms with van der Waals surface area (Å²) in [5.74, 6) is 0.267. The third-order valence-corrected chi connectivity index (χ3v) is 3.78. The van der Waals surface area contributed by atoms with E-state index in [4.69, 9.17) is 10.5 Å². The fourth-order valence-electron chi connectivity index (χ4n) is 2.59. The maximum absolute atomic E-state index is 11.3. The molecular weight excluding hydrogens is 316 g/mol. The van der Waals surface area contributed by atoms with Crippen molar-refractivity contribution < 1.29 is 14.3 Å². The molecule has 0 saturated carbocycles. The van der Waals surface area contributed by atoms with Crippen LogP contribution in [-0.4, -0.2) is 18.4 Å². The van der Waals surface area contributed by atoms with E-state index in [1.807, 2.05) is 24.3 Å². The fourth-order valence-corrected chi connectivity index (χ4v) is 2.59. The van der Waals surface area contributed by atoms with Crippen molar-refractivity contribution >= 4 is 17.6 Å². The largest absolute Gasteiger partial charge is 0.426 e. The summed E-state index contributed by atoms with van der Waals surface area (Å²) in [5, 5.41) is 2.88. The highest BCUT2D eigenvalue weighted by Crippen LogP contribution is 2.27. The zero-order valence-corrected chi connectivity index (χ0v) is 14.8. The maximum Gasteiger partial charge on any atom is 0.325 e. The number of carbonyl (C=O) groups is 2. The molecule has 0 spiro atoms. The molecule has 0 aliphatic rings. The molecule has 2 aromatic carbocycles. The van der Waals surface area contributed by atoms with Gasteiger partial charge in [-0.2, -0.15) is 0 Å². The Hall–Kier alpha value is -2.66. The zero-order valence-electron chi connectivity index (χ0n) is 14.8. The molecule has 0 aromatic heterocycles. The molecule has 0 heterocycles. The van der Waals surface area contributed by atoms with Gasteiger partial charge in [-0.3, -0.25) is 9.59 Å². The highest BCUT2D eigenvalue weighted by atomic mass is 16.5. The number of anilines is 1. The number of ether oxygens (including phenoxy) is 1. The van der Waals surface area contributed by atoms with Crippen LogP contribution in [0.4, 0.5) is 5.69 Å². The maximum atomic E-state index is 11.3. The monoisotopic (exact) mass is 340 g/mol. The van der Waals surface area contributed by atoms with E-state index in [2.05, 4.69) is 25.2 Å². The Morgan fingerprint density at radius 1 is 1.08 bits per heavy atom. The lowest BCUT2D eigenvalue weighted by atomic mass is 9.95. The van der Waals surface area contributed by atoms with Crippen LogP contribution in [0.3, 0.4) is 0 Å². The fraction of sp³-hybridized carbons (Fsp3) is 0.300. The molecule has 5 heteroatoms. The van der Waals surface area contributed by atoms with Crippen LogP contribution in [0.5, 0.6) is 5.75 Å². The van der Waals surface area contributed by atoms with Crippen molar-refractivity contribution in [2.75, 3.05) is 11.9 Å². The first kappa shape index (κ1) is 18.7. The van der Waals surface area contributed by atoms with Crippen molar-refractivity contribution in [3.8, 4) is 5.75 Å². The van der Waals surface area contributed by atoms with Gasteiger partial charge in [0.1, 0.15) is 5.75 Å². The SMILES string of the molecule is CC(=O)Nc1ccc(Cc2ccc(OC(=O)CN)cc2)cc1C(C)C. The second-order valence-corrected chi connectivity index (χ2v) is 6.26. The van der Waals surface area contributed by atoms with Crippen LogP contribution in [0.2, 0.25) is 0 Å². The van der Waals surface area contributed by atoms with Gasteiger partial charge in [-0.15, -0.1) is 0 Å². The van der Waals surface area contributed by atoms with Crippen LogP contribution in [0.15, 0.2) is 42.5 Å². The van der Waals surface area contributed by atoms with Gasteiger partial charge in [0.15, 0.2) is 0 Å². The van der Waals surface area contributed by atoms with E-state index >= 15 is 0 Å². The predicted octanol–water partition coefficient (Wildman–Crippen LogP) is 3.22. The quantitative estimate of drug-likeness (QED) is 0.625. The predicted molar refractivity (Wildman–Crippen MR) is 98.8 cm³/mol. The van der Waals surface area contributed by atoms with Crippen LogP contribution in [0.1, 0.15) is 43.4 Å². The third kappa shape index (κ3) is 5.43. The van der Waals surface area contributed by atoms with Crippen molar-refractivity contribution in [1.29, 1.82) is 0 Å². The molecule has 0 fully saturated rings. The number of benzene rings is 2. The Kier molecular flexibility index (Phi) is 6.31. The Balaban J connectivity index is 2.15. The number of hydrogen-bond donors (Lipinski definition) is 2. The number of nitrogens with one attached hydrogen (secondary N) is 1. The molecule has 0 bridgehead atoms. The summed E-state index contributed by atoms with van der Waals surface area (Å²) in [6.45, 7) is 5.58. The van der Waals surface area contributed by atoms with Gasteiger partial charge < -0.3 is 15.8 Å². The van der Waals surface area contributed by atoms with Crippen molar-refractivity contribution in [3.05, 3.63) is 59.2 Å². The molecule has 0 aliphatic heterocycles. The Morgan fingerprint density at radius 2 is 1.72 bits per heavy atom. The van der Waals surface area contributed by atoms with Crippen LogP contribution in [0, 0.1) is 0 Å². The van der Waals surface area contributed by atoms with Crippen molar-refractivity contribution in [2.24, 2.45) is 5.73 Å². The number of carbonyl (C=O) groups excluding carboxylic acids is 2. The van der Waals surface area contributed by atoms with E-state index < -0.39 is 5.97 Å². The number of amides is 1. The summed E-state index contributed by atoms with van der Waals surface area (Å²) < 4.78 is 5.07. The first-order valence-electron chi connectivity index (χ1n) is 8.29. The molecule has 0 saturated heterocycles. The van der Waals surface area contributed by atoms with Gasteiger partial charge in [0.2, 0.25) is 5.91 Å². The van der Waals surface area contributed by atoms with Gasteiger partial charge in [-0.05, 0) is 47.2 Å². The van der Waals surface area contributed by atoms with Crippen LogP contribution in [-0.2, 0) is 16.0 Å². The number of nitrogens with two attached hydrogens (primary N) is 1.